The molecule has 104 valence electrons. The molecule has 1 N–H and O–H groups in total. The lowest BCUT2D eigenvalue weighted by Gasteiger charge is -2.16. The van der Waals surface area contributed by atoms with Crippen molar-refractivity contribution in [3.05, 3.63) is 41.2 Å². The van der Waals surface area contributed by atoms with E-state index >= 15 is 0 Å². The average Bonchev–Trinajstić information content (AvgIpc) is 2.36. The SMILES string of the molecule is COCCN(C)Cc1ccc(/C=C/C(=O)O)cc1F. The first-order valence-corrected chi connectivity index (χ1v) is 5.90. The van der Waals surface area contributed by atoms with E-state index in [0.717, 1.165) is 12.6 Å². The van der Waals surface area contributed by atoms with Gasteiger partial charge in [-0.15, -0.1) is 0 Å². The Hall–Kier alpha value is -1.72. The van der Waals surface area contributed by atoms with Crippen molar-refractivity contribution < 1.29 is 19.0 Å². The Morgan fingerprint density at radius 3 is 2.84 bits per heavy atom. The molecule has 0 aliphatic rings. The molecule has 0 fully saturated rings. The van der Waals surface area contributed by atoms with E-state index in [4.69, 9.17) is 9.84 Å². The topological polar surface area (TPSA) is 49.8 Å². The van der Waals surface area contributed by atoms with Crippen molar-refractivity contribution in [1.82, 2.24) is 4.90 Å². The number of carboxylic acids is 1. The maximum absolute atomic E-state index is 13.8. The monoisotopic (exact) mass is 267 g/mol. The maximum Gasteiger partial charge on any atom is 0.328 e. The molecule has 0 atom stereocenters. The van der Waals surface area contributed by atoms with Gasteiger partial charge in [0.25, 0.3) is 0 Å². The Kier molecular flexibility index (Phi) is 6.18. The fourth-order valence-electron chi connectivity index (χ4n) is 1.58. The third kappa shape index (κ3) is 5.63. The predicted octanol–water partition coefficient (Wildman–Crippen LogP) is 2.00. The first kappa shape index (κ1) is 15.3. The molecule has 0 saturated carbocycles. The summed E-state index contributed by atoms with van der Waals surface area (Å²) in [5.41, 5.74) is 1.11. The summed E-state index contributed by atoms with van der Waals surface area (Å²) in [5, 5.41) is 8.50. The molecule has 1 rings (SSSR count). The van der Waals surface area contributed by atoms with Gasteiger partial charge in [-0.05, 0) is 24.8 Å². The Morgan fingerprint density at radius 1 is 1.53 bits per heavy atom. The summed E-state index contributed by atoms with van der Waals surface area (Å²) in [4.78, 5) is 12.3. The normalized spacial score (nSPS) is 11.4. The van der Waals surface area contributed by atoms with E-state index in [1.165, 1.54) is 12.1 Å². The fraction of sp³-hybridized carbons (Fsp3) is 0.357. The van der Waals surface area contributed by atoms with Crippen molar-refractivity contribution in [3.63, 3.8) is 0 Å². The number of likely N-dealkylation sites (N-methyl/N-ethyl adjacent to an activating group) is 1. The van der Waals surface area contributed by atoms with Gasteiger partial charge in [-0.2, -0.15) is 0 Å². The van der Waals surface area contributed by atoms with Crippen LogP contribution in [0.3, 0.4) is 0 Å². The van der Waals surface area contributed by atoms with E-state index < -0.39 is 5.97 Å². The third-order valence-electron chi connectivity index (χ3n) is 2.61. The van der Waals surface area contributed by atoms with Crippen LogP contribution in [0.25, 0.3) is 6.08 Å². The van der Waals surface area contributed by atoms with E-state index in [9.17, 15) is 9.18 Å². The molecule has 0 radical (unpaired) electrons. The largest absolute Gasteiger partial charge is 0.478 e. The van der Waals surface area contributed by atoms with E-state index in [1.807, 2.05) is 11.9 Å². The summed E-state index contributed by atoms with van der Waals surface area (Å²) in [6.45, 7) is 1.80. The number of rotatable bonds is 7. The molecule has 1 aromatic carbocycles. The van der Waals surface area contributed by atoms with Crippen molar-refractivity contribution in [1.29, 1.82) is 0 Å². The van der Waals surface area contributed by atoms with Crippen LogP contribution >= 0.6 is 0 Å². The lowest BCUT2D eigenvalue weighted by Crippen LogP contribution is -2.22. The minimum Gasteiger partial charge on any atom is -0.478 e. The van der Waals surface area contributed by atoms with Crippen LogP contribution < -0.4 is 0 Å². The van der Waals surface area contributed by atoms with E-state index in [0.29, 0.717) is 24.3 Å². The van der Waals surface area contributed by atoms with Crippen LogP contribution in [0.5, 0.6) is 0 Å². The van der Waals surface area contributed by atoms with Crippen molar-refractivity contribution in [2.45, 2.75) is 6.54 Å². The van der Waals surface area contributed by atoms with Gasteiger partial charge in [0.2, 0.25) is 0 Å². The van der Waals surface area contributed by atoms with Gasteiger partial charge < -0.3 is 9.84 Å². The molecule has 0 unspecified atom stereocenters. The first-order chi connectivity index (χ1) is 9.02. The minimum absolute atomic E-state index is 0.336. The van der Waals surface area contributed by atoms with Gasteiger partial charge in [0.15, 0.2) is 0 Å². The molecule has 1 aromatic rings. The third-order valence-corrected chi connectivity index (χ3v) is 2.61. The highest BCUT2D eigenvalue weighted by Crippen LogP contribution is 2.13. The van der Waals surface area contributed by atoms with E-state index in [-0.39, 0.29) is 5.82 Å². The van der Waals surface area contributed by atoms with Gasteiger partial charge in [-0.1, -0.05) is 12.1 Å². The number of aliphatic carboxylic acids is 1. The molecular weight excluding hydrogens is 249 g/mol. The summed E-state index contributed by atoms with van der Waals surface area (Å²) in [6.07, 6.45) is 2.35. The zero-order chi connectivity index (χ0) is 14.3. The Labute approximate surface area is 112 Å². The van der Waals surface area contributed by atoms with Crippen LogP contribution in [0.15, 0.2) is 24.3 Å². The Morgan fingerprint density at radius 2 is 2.26 bits per heavy atom. The van der Waals surface area contributed by atoms with Gasteiger partial charge in [-0.25, -0.2) is 9.18 Å². The molecule has 0 aromatic heterocycles. The molecule has 0 spiro atoms. The number of nitrogens with zero attached hydrogens (tertiary/aromatic N) is 1. The molecule has 0 heterocycles. The standard InChI is InChI=1S/C14H18FNO3/c1-16(7-8-19-2)10-12-5-3-11(9-13(12)15)4-6-14(17)18/h3-6,9H,7-8,10H2,1-2H3,(H,17,18)/b6-4+. The highest BCUT2D eigenvalue weighted by Gasteiger charge is 2.06. The molecule has 19 heavy (non-hydrogen) atoms. The predicted molar refractivity (Wildman–Crippen MR) is 71.3 cm³/mol. The summed E-state index contributed by atoms with van der Waals surface area (Å²) < 4.78 is 18.8. The van der Waals surface area contributed by atoms with E-state index in [2.05, 4.69) is 0 Å². The van der Waals surface area contributed by atoms with Crippen molar-refractivity contribution in [3.8, 4) is 0 Å². The number of ether oxygens (including phenoxy) is 1. The second kappa shape index (κ2) is 7.66. The Balaban J connectivity index is 2.69. The summed E-state index contributed by atoms with van der Waals surface area (Å²) in [5.74, 6) is -1.39. The van der Waals surface area contributed by atoms with Gasteiger partial charge in [0.1, 0.15) is 5.82 Å². The van der Waals surface area contributed by atoms with Crippen LogP contribution in [0.4, 0.5) is 4.39 Å². The second-order valence-corrected chi connectivity index (χ2v) is 4.25. The molecule has 0 amide bonds. The highest BCUT2D eigenvalue weighted by atomic mass is 19.1. The van der Waals surface area contributed by atoms with Gasteiger partial charge in [0, 0.05) is 31.8 Å². The summed E-state index contributed by atoms with van der Waals surface area (Å²) >= 11 is 0. The first-order valence-electron chi connectivity index (χ1n) is 5.90. The maximum atomic E-state index is 13.8. The molecule has 0 aliphatic carbocycles. The van der Waals surface area contributed by atoms with Gasteiger partial charge in [0.05, 0.1) is 6.61 Å². The van der Waals surface area contributed by atoms with Crippen LogP contribution in [-0.4, -0.2) is 43.3 Å². The number of halogens is 1. The second-order valence-electron chi connectivity index (χ2n) is 4.25. The zero-order valence-electron chi connectivity index (χ0n) is 11.1. The van der Waals surface area contributed by atoms with Crippen LogP contribution in [-0.2, 0) is 16.1 Å². The quantitative estimate of drug-likeness (QED) is 0.768. The lowest BCUT2D eigenvalue weighted by molar-refractivity contribution is -0.131. The molecule has 0 saturated heterocycles. The molecule has 0 bridgehead atoms. The number of carbonyl (C=O) groups is 1. The van der Waals surface area contributed by atoms with Gasteiger partial charge >= 0.3 is 5.97 Å². The average molecular weight is 267 g/mol. The lowest BCUT2D eigenvalue weighted by atomic mass is 10.1. The molecular formula is C14H18FNO3. The molecule has 5 heteroatoms. The number of hydrogen-bond acceptors (Lipinski definition) is 3. The van der Waals surface area contributed by atoms with Crippen molar-refractivity contribution in [2.75, 3.05) is 27.3 Å². The number of carboxylic acid groups (broad SMARTS) is 1. The summed E-state index contributed by atoms with van der Waals surface area (Å²) in [7, 11) is 3.51. The highest BCUT2D eigenvalue weighted by molar-refractivity contribution is 5.85. The van der Waals surface area contributed by atoms with Crippen LogP contribution in [0, 0.1) is 5.82 Å². The number of benzene rings is 1. The van der Waals surface area contributed by atoms with Crippen LogP contribution in [0.1, 0.15) is 11.1 Å². The number of hydrogen-bond donors (Lipinski definition) is 1. The number of methoxy groups -OCH3 is 1. The molecule has 4 nitrogen and oxygen atoms in total. The van der Waals surface area contributed by atoms with Gasteiger partial charge in [-0.3, -0.25) is 4.90 Å². The smallest absolute Gasteiger partial charge is 0.328 e. The van der Waals surface area contributed by atoms with Crippen molar-refractivity contribution in [2.24, 2.45) is 0 Å². The zero-order valence-corrected chi connectivity index (χ0v) is 11.1. The van der Waals surface area contributed by atoms with Crippen LogP contribution in [0.2, 0.25) is 0 Å². The fourth-order valence-corrected chi connectivity index (χ4v) is 1.58. The Bertz CT molecular complexity index is 460. The molecule has 0 aliphatic heterocycles. The minimum atomic E-state index is -1.05. The summed E-state index contributed by atoms with van der Waals surface area (Å²) in [6, 6.07) is 4.70. The van der Waals surface area contributed by atoms with E-state index in [1.54, 1.807) is 19.2 Å². The van der Waals surface area contributed by atoms with Crippen molar-refractivity contribution >= 4 is 12.0 Å².